The fourth-order valence-corrected chi connectivity index (χ4v) is 7.38. The van der Waals surface area contributed by atoms with E-state index < -0.39 is 34.1 Å². The number of nitrogens with zero attached hydrogens (tertiary/aromatic N) is 3. The molecule has 12 heteroatoms. The number of amides is 3. The molecular weight excluding hydrogens is 522 g/mol. The number of aromatic nitrogens is 1. The maximum atomic E-state index is 13.6. The molecule has 3 atom stereocenters. The van der Waals surface area contributed by atoms with Crippen LogP contribution in [0.3, 0.4) is 0 Å². The number of Topliss-reactive ketones (excluding diaryl/α,β-unsaturated/α-hetero) is 1. The number of hydrogen-bond donors (Lipinski definition) is 2. The molecule has 3 amide bonds. The molecule has 2 saturated heterocycles. The second kappa shape index (κ2) is 12.7. The Morgan fingerprint density at radius 2 is 1.87 bits per heavy atom. The monoisotopic (exact) mass is 563 g/mol. The summed E-state index contributed by atoms with van der Waals surface area (Å²) in [6.45, 7) is 5.38. The van der Waals surface area contributed by atoms with Crippen LogP contribution in [0.1, 0.15) is 65.2 Å². The number of urea groups is 1. The lowest BCUT2D eigenvalue weighted by atomic mass is 9.71. The molecule has 11 nitrogen and oxygen atoms in total. The van der Waals surface area contributed by atoms with Gasteiger partial charge in [0.05, 0.1) is 25.8 Å². The Labute approximate surface area is 231 Å². The van der Waals surface area contributed by atoms with E-state index in [9.17, 15) is 22.8 Å². The summed E-state index contributed by atoms with van der Waals surface area (Å²) in [6, 6.07) is 2.22. The number of morpholine rings is 1. The van der Waals surface area contributed by atoms with Crippen molar-refractivity contribution in [2.24, 2.45) is 5.41 Å². The van der Waals surface area contributed by atoms with Crippen molar-refractivity contribution in [1.29, 1.82) is 0 Å². The van der Waals surface area contributed by atoms with Gasteiger partial charge in [0, 0.05) is 25.3 Å². The van der Waals surface area contributed by atoms with Gasteiger partial charge < -0.3 is 20.3 Å². The Morgan fingerprint density at radius 1 is 1.15 bits per heavy atom. The number of pyridine rings is 1. The third-order valence-electron chi connectivity index (χ3n) is 8.26. The van der Waals surface area contributed by atoms with Crippen LogP contribution < -0.4 is 10.6 Å². The van der Waals surface area contributed by atoms with E-state index in [0.29, 0.717) is 45.6 Å². The Bertz CT molecular complexity index is 1120. The fourth-order valence-electron chi connectivity index (χ4n) is 5.82. The molecule has 216 valence electrons. The minimum atomic E-state index is -3.98. The van der Waals surface area contributed by atoms with Gasteiger partial charge >= 0.3 is 6.03 Å². The van der Waals surface area contributed by atoms with E-state index in [1.165, 1.54) is 23.0 Å². The second-order valence-corrected chi connectivity index (χ2v) is 13.2. The normalized spacial score (nSPS) is 25.4. The highest BCUT2D eigenvalue weighted by Crippen LogP contribution is 2.39. The number of ether oxygens (including phenoxy) is 1. The quantitative estimate of drug-likeness (QED) is 0.518. The van der Waals surface area contributed by atoms with Crippen LogP contribution in [0.15, 0.2) is 29.4 Å². The van der Waals surface area contributed by atoms with Gasteiger partial charge in [-0.15, -0.1) is 0 Å². The Balaban J connectivity index is 1.47. The Morgan fingerprint density at radius 3 is 2.54 bits per heavy atom. The van der Waals surface area contributed by atoms with Crippen molar-refractivity contribution in [1.82, 2.24) is 24.8 Å². The predicted octanol–water partition coefficient (Wildman–Crippen LogP) is 2.08. The Kier molecular flexibility index (Phi) is 9.60. The van der Waals surface area contributed by atoms with E-state index in [2.05, 4.69) is 22.5 Å². The van der Waals surface area contributed by atoms with Crippen LogP contribution in [0.4, 0.5) is 4.79 Å². The second-order valence-electron chi connectivity index (χ2n) is 11.3. The number of rotatable bonds is 7. The minimum absolute atomic E-state index is 0.0892. The van der Waals surface area contributed by atoms with Crippen LogP contribution in [0.2, 0.25) is 0 Å². The molecule has 1 aromatic heterocycles. The molecule has 3 aliphatic rings. The van der Waals surface area contributed by atoms with Gasteiger partial charge in [0.2, 0.25) is 5.91 Å². The lowest BCUT2D eigenvalue weighted by molar-refractivity contribution is -0.129. The number of carbonyl (C=O) groups is 3. The van der Waals surface area contributed by atoms with Gasteiger partial charge in [-0.2, -0.15) is 4.31 Å². The maximum absolute atomic E-state index is 13.6. The zero-order valence-corrected chi connectivity index (χ0v) is 23.7. The van der Waals surface area contributed by atoms with Crippen LogP contribution >= 0.6 is 0 Å². The van der Waals surface area contributed by atoms with E-state index in [1.807, 2.05) is 0 Å². The highest BCUT2D eigenvalue weighted by Gasteiger charge is 2.39. The van der Waals surface area contributed by atoms with E-state index in [4.69, 9.17) is 4.74 Å². The molecular formula is C27H41N5O6S. The molecule has 2 N–H and O–H groups in total. The lowest BCUT2D eigenvalue weighted by Crippen LogP contribution is -2.57. The van der Waals surface area contributed by atoms with Gasteiger partial charge in [0.1, 0.15) is 6.04 Å². The highest BCUT2D eigenvalue weighted by atomic mass is 32.2. The van der Waals surface area contributed by atoms with Crippen LogP contribution in [-0.2, 0) is 24.3 Å². The maximum Gasteiger partial charge on any atom is 0.318 e. The summed E-state index contributed by atoms with van der Waals surface area (Å²) >= 11 is 0. The topological polar surface area (TPSA) is 138 Å². The Hall–Kier alpha value is -2.57. The molecule has 0 bridgehead atoms. The summed E-state index contributed by atoms with van der Waals surface area (Å²) in [5, 5.41) is 5.70. The number of carbonyl (C=O) groups excluding carboxylic acids is 3. The van der Waals surface area contributed by atoms with Crippen LogP contribution in [0.5, 0.6) is 0 Å². The fraction of sp³-hybridized carbons (Fsp3) is 0.704. The largest absolute Gasteiger partial charge is 0.378 e. The molecule has 0 unspecified atom stereocenters. The number of hydrogen-bond acceptors (Lipinski definition) is 7. The molecule has 0 aromatic carbocycles. The summed E-state index contributed by atoms with van der Waals surface area (Å²) in [5.41, 5.74) is -0.0892. The number of nitrogens with one attached hydrogen (secondary N) is 2. The molecule has 39 heavy (non-hydrogen) atoms. The molecule has 0 spiro atoms. The van der Waals surface area contributed by atoms with Gasteiger partial charge in [-0.3, -0.25) is 9.59 Å². The van der Waals surface area contributed by atoms with E-state index in [1.54, 1.807) is 24.0 Å². The van der Waals surface area contributed by atoms with Gasteiger partial charge in [-0.05, 0) is 56.6 Å². The molecule has 4 rings (SSSR count). The zero-order chi connectivity index (χ0) is 28.0. The van der Waals surface area contributed by atoms with Crippen LogP contribution in [-0.4, -0.2) is 91.3 Å². The molecule has 3 fully saturated rings. The average Bonchev–Trinajstić information content (AvgIpc) is 3.08. The third kappa shape index (κ3) is 7.34. The van der Waals surface area contributed by atoms with Crippen molar-refractivity contribution in [2.75, 3.05) is 32.8 Å². The molecule has 1 aromatic rings. The van der Waals surface area contributed by atoms with Gasteiger partial charge in [-0.25, -0.2) is 18.2 Å². The standard InChI is InChI=1S/C27H41N5O6S/c1-20-9-10-21(23(33)19-32(20)39(36,37)24-8-4-7-13-28-24)29-25(34)22(18-27(2)11-5-3-6-12-27)30-26(35)31-14-16-38-17-15-31/h4,7-8,13,20-22H,3,5-6,9-12,14-19H2,1-2H3,(H,29,34)(H,30,35)/t20-,21+,22-/m1/s1. The zero-order valence-electron chi connectivity index (χ0n) is 22.9. The number of sulfonamides is 1. The first kappa shape index (κ1) is 29.4. The van der Waals surface area contributed by atoms with Gasteiger partial charge in [-0.1, -0.05) is 32.3 Å². The highest BCUT2D eigenvalue weighted by molar-refractivity contribution is 7.89. The molecule has 0 radical (unpaired) electrons. The smallest absolute Gasteiger partial charge is 0.318 e. The summed E-state index contributed by atoms with van der Waals surface area (Å²) in [6.07, 6.45) is 7.87. The lowest BCUT2D eigenvalue weighted by Gasteiger charge is -2.37. The third-order valence-corrected chi connectivity index (χ3v) is 10.1. The van der Waals surface area contributed by atoms with Crippen molar-refractivity contribution in [2.45, 2.75) is 88.4 Å². The first-order chi connectivity index (χ1) is 18.6. The van der Waals surface area contributed by atoms with Crippen molar-refractivity contribution in [3.05, 3.63) is 24.4 Å². The SMILES string of the molecule is C[C@@H]1CC[C@H](NC(=O)[C@@H](CC2(C)CCCCC2)NC(=O)N2CCOCC2)C(=O)CN1S(=O)(=O)c1ccccn1. The van der Waals surface area contributed by atoms with Crippen molar-refractivity contribution < 1.29 is 27.5 Å². The van der Waals surface area contributed by atoms with Gasteiger partial charge in [0.25, 0.3) is 10.0 Å². The predicted molar refractivity (Wildman–Crippen MR) is 144 cm³/mol. The van der Waals surface area contributed by atoms with Crippen molar-refractivity contribution in [3.8, 4) is 0 Å². The van der Waals surface area contributed by atoms with Crippen molar-refractivity contribution in [3.63, 3.8) is 0 Å². The van der Waals surface area contributed by atoms with Crippen molar-refractivity contribution >= 4 is 27.7 Å². The minimum Gasteiger partial charge on any atom is -0.378 e. The molecule has 1 saturated carbocycles. The first-order valence-electron chi connectivity index (χ1n) is 14.0. The number of ketones is 1. The average molecular weight is 564 g/mol. The molecule has 3 heterocycles. The molecule has 1 aliphatic carbocycles. The molecule has 2 aliphatic heterocycles. The van der Waals surface area contributed by atoms with Gasteiger partial charge in [0.15, 0.2) is 10.8 Å². The van der Waals surface area contributed by atoms with Crippen LogP contribution in [0, 0.1) is 5.41 Å². The van der Waals surface area contributed by atoms with Crippen LogP contribution in [0.25, 0.3) is 0 Å². The summed E-state index contributed by atoms with van der Waals surface area (Å²) in [7, 11) is -3.98. The summed E-state index contributed by atoms with van der Waals surface area (Å²) < 4.78 is 33.0. The summed E-state index contributed by atoms with van der Waals surface area (Å²) in [4.78, 5) is 45.6. The first-order valence-corrected chi connectivity index (χ1v) is 15.4. The van der Waals surface area contributed by atoms with E-state index >= 15 is 0 Å². The van der Waals surface area contributed by atoms with E-state index in [-0.39, 0.29) is 28.8 Å². The summed E-state index contributed by atoms with van der Waals surface area (Å²) in [5.74, 6) is -0.787. The van der Waals surface area contributed by atoms with E-state index in [0.717, 1.165) is 25.7 Å².